The first-order valence-electron chi connectivity index (χ1n) is 6.65. The lowest BCUT2D eigenvalue weighted by atomic mass is 9.86. The van der Waals surface area contributed by atoms with E-state index < -0.39 is 6.10 Å². The average molecular weight is 273 g/mol. The van der Waals surface area contributed by atoms with Gasteiger partial charge in [0.1, 0.15) is 0 Å². The van der Waals surface area contributed by atoms with Crippen molar-refractivity contribution in [1.82, 2.24) is 5.32 Å². The lowest BCUT2D eigenvalue weighted by Gasteiger charge is -2.28. The number of hydrogen-bond donors (Lipinski definition) is 3. The number of carbonyl (C=O) groups excluding carboxylic acids is 1. The minimum absolute atomic E-state index is 0.0575. The average Bonchev–Trinajstić information content (AvgIpc) is 2.81. The van der Waals surface area contributed by atoms with E-state index in [4.69, 9.17) is 5.11 Å². The molecule has 5 heteroatoms. The Kier molecular flexibility index (Phi) is 4.24. The molecule has 2 aliphatic carbocycles. The molecule has 2 bridgehead atoms. The van der Waals surface area contributed by atoms with Crippen molar-refractivity contribution < 1.29 is 15.0 Å². The summed E-state index contributed by atoms with van der Waals surface area (Å²) in [7, 11) is 0. The first-order valence-corrected chi connectivity index (χ1v) is 7.80. The summed E-state index contributed by atoms with van der Waals surface area (Å²) in [5.74, 6) is 0.848. The fraction of sp³-hybridized carbons (Fsp3) is 0.923. The lowest BCUT2D eigenvalue weighted by molar-refractivity contribution is -0.120. The van der Waals surface area contributed by atoms with E-state index in [1.54, 1.807) is 0 Å². The molecule has 1 amide bonds. The molecule has 0 radical (unpaired) electrons. The molecule has 1 atom stereocenters. The van der Waals surface area contributed by atoms with Crippen LogP contribution in [0.15, 0.2) is 0 Å². The molecule has 0 heterocycles. The number of fused-ring (bicyclic) bond motifs is 2. The highest BCUT2D eigenvalue weighted by molar-refractivity contribution is 7.99. The zero-order valence-electron chi connectivity index (χ0n) is 10.9. The van der Waals surface area contributed by atoms with Gasteiger partial charge in [-0.15, -0.1) is 11.8 Å². The Morgan fingerprint density at radius 2 is 2.06 bits per heavy atom. The van der Waals surface area contributed by atoms with Crippen LogP contribution in [0.3, 0.4) is 0 Å². The predicted octanol–water partition coefficient (Wildman–Crippen LogP) is 0.912. The summed E-state index contributed by atoms with van der Waals surface area (Å²) in [4.78, 5) is 11.9. The molecule has 0 aliphatic heterocycles. The fourth-order valence-electron chi connectivity index (χ4n) is 3.34. The maximum atomic E-state index is 11.9. The Balaban J connectivity index is 1.72. The number of amides is 1. The van der Waals surface area contributed by atoms with Gasteiger partial charge in [0.2, 0.25) is 5.91 Å². The van der Waals surface area contributed by atoms with E-state index in [0.29, 0.717) is 16.9 Å². The van der Waals surface area contributed by atoms with Gasteiger partial charge in [-0.1, -0.05) is 6.92 Å². The van der Waals surface area contributed by atoms with E-state index in [9.17, 15) is 9.90 Å². The van der Waals surface area contributed by atoms with Gasteiger partial charge in [0.15, 0.2) is 0 Å². The number of carbonyl (C=O) groups is 1. The van der Waals surface area contributed by atoms with E-state index in [0.717, 1.165) is 19.3 Å². The number of nitrogens with one attached hydrogen (secondary N) is 1. The summed E-state index contributed by atoms with van der Waals surface area (Å²) in [5, 5.41) is 21.1. The molecule has 18 heavy (non-hydrogen) atoms. The second-order valence-corrected chi connectivity index (χ2v) is 7.20. The van der Waals surface area contributed by atoms with E-state index in [1.807, 2.05) is 0 Å². The smallest absolute Gasteiger partial charge is 0.230 e. The standard InChI is InChI=1S/C13H23NO3S/c1-12-2-4-13(9-12,5-3-12)14-11(17)8-18-7-10(16)6-15/h10,15-16H,2-9H2,1H3,(H,14,17). The summed E-state index contributed by atoms with van der Waals surface area (Å²) in [6.45, 7) is 2.08. The predicted molar refractivity (Wildman–Crippen MR) is 72.5 cm³/mol. The zero-order valence-corrected chi connectivity index (χ0v) is 11.8. The van der Waals surface area contributed by atoms with Crippen LogP contribution in [0.5, 0.6) is 0 Å². The molecule has 3 N–H and O–H groups in total. The van der Waals surface area contributed by atoms with Crippen LogP contribution < -0.4 is 5.32 Å². The third kappa shape index (κ3) is 3.19. The highest BCUT2D eigenvalue weighted by Gasteiger charge is 2.52. The van der Waals surface area contributed by atoms with Gasteiger partial charge >= 0.3 is 0 Å². The lowest BCUT2D eigenvalue weighted by Crippen LogP contribution is -2.45. The highest BCUT2D eigenvalue weighted by Crippen LogP contribution is 2.56. The Morgan fingerprint density at radius 1 is 1.39 bits per heavy atom. The van der Waals surface area contributed by atoms with E-state index in [2.05, 4.69) is 12.2 Å². The molecule has 0 saturated heterocycles. The van der Waals surface area contributed by atoms with Gasteiger partial charge in [-0.25, -0.2) is 0 Å². The van der Waals surface area contributed by atoms with Crippen LogP contribution in [-0.2, 0) is 4.79 Å². The van der Waals surface area contributed by atoms with Crippen molar-refractivity contribution >= 4 is 17.7 Å². The second kappa shape index (κ2) is 5.39. The third-order valence-electron chi connectivity index (χ3n) is 4.34. The minimum Gasteiger partial charge on any atom is -0.394 e. The van der Waals surface area contributed by atoms with Gasteiger partial charge in [-0.05, 0) is 37.5 Å². The van der Waals surface area contributed by atoms with Gasteiger partial charge < -0.3 is 15.5 Å². The molecule has 0 aromatic rings. The van der Waals surface area contributed by atoms with Gasteiger partial charge in [0.05, 0.1) is 18.5 Å². The van der Waals surface area contributed by atoms with Crippen LogP contribution in [-0.4, -0.2) is 45.9 Å². The molecule has 0 aromatic carbocycles. The molecular weight excluding hydrogens is 250 g/mol. The van der Waals surface area contributed by atoms with Crippen LogP contribution in [0, 0.1) is 5.41 Å². The molecule has 2 aliphatic rings. The topological polar surface area (TPSA) is 69.6 Å². The van der Waals surface area contributed by atoms with E-state index in [1.165, 1.54) is 24.6 Å². The number of aliphatic hydroxyl groups is 2. The van der Waals surface area contributed by atoms with Gasteiger partial charge in [0, 0.05) is 11.3 Å². The Labute approximate surface area is 113 Å². The molecule has 2 fully saturated rings. The SMILES string of the molecule is CC12CCC(NC(=O)CSCC(O)CO)(CC1)C2. The summed E-state index contributed by atoms with van der Waals surface area (Å²) >= 11 is 1.38. The third-order valence-corrected chi connectivity index (χ3v) is 5.42. The summed E-state index contributed by atoms with van der Waals surface area (Å²) in [6.07, 6.45) is 5.07. The fourth-order valence-corrected chi connectivity index (χ4v) is 4.10. The quantitative estimate of drug-likeness (QED) is 0.673. The van der Waals surface area contributed by atoms with Crippen LogP contribution in [0.25, 0.3) is 0 Å². The van der Waals surface area contributed by atoms with Crippen molar-refractivity contribution in [2.75, 3.05) is 18.1 Å². The Bertz CT molecular complexity index is 313. The summed E-state index contributed by atoms with van der Waals surface area (Å²) in [6, 6.07) is 0. The molecular formula is C13H23NO3S. The van der Waals surface area contributed by atoms with Crippen molar-refractivity contribution in [3.8, 4) is 0 Å². The Hall–Kier alpha value is -0.260. The maximum Gasteiger partial charge on any atom is 0.230 e. The molecule has 4 nitrogen and oxygen atoms in total. The highest BCUT2D eigenvalue weighted by atomic mass is 32.2. The first kappa shape index (κ1) is 14.2. The van der Waals surface area contributed by atoms with Crippen molar-refractivity contribution in [2.45, 2.75) is 50.7 Å². The summed E-state index contributed by atoms with van der Waals surface area (Å²) < 4.78 is 0. The Morgan fingerprint density at radius 3 is 2.56 bits per heavy atom. The van der Waals surface area contributed by atoms with E-state index in [-0.39, 0.29) is 18.1 Å². The first-order chi connectivity index (χ1) is 8.47. The second-order valence-electron chi connectivity index (χ2n) is 6.17. The van der Waals surface area contributed by atoms with Crippen molar-refractivity contribution in [3.63, 3.8) is 0 Å². The normalized spacial score (nSPS) is 35.7. The molecule has 0 aromatic heterocycles. The van der Waals surface area contributed by atoms with Crippen molar-refractivity contribution in [3.05, 3.63) is 0 Å². The number of rotatable bonds is 6. The molecule has 0 spiro atoms. The van der Waals surface area contributed by atoms with Crippen LogP contribution >= 0.6 is 11.8 Å². The molecule has 104 valence electrons. The van der Waals surface area contributed by atoms with Gasteiger partial charge in [-0.3, -0.25) is 4.79 Å². The van der Waals surface area contributed by atoms with Crippen LogP contribution in [0.4, 0.5) is 0 Å². The van der Waals surface area contributed by atoms with Crippen molar-refractivity contribution in [2.24, 2.45) is 5.41 Å². The summed E-state index contributed by atoms with van der Waals surface area (Å²) in [5.41, 5.74) is 0.509. The monoisotopic (exact) mass is 273 g/mol. The van der Waals surface area contributed by atoms with Crippen molar-refractivity contribution in [1.29, 1.82) is 0 Å². The largest absolute Gasteiger partial charge is 0.394 e. The van der Waals surface area contributed by atoms with Gasteiger partial charge in [-0.2, -0.15) is 0 Å². The number of aliphatic hydroxyl groups excluding tert-OH is 2. The minimum atomic E-state index is -0.720. The number of hydrogen-bond acceptors (Lipinski definition) is 4. The van der Waals surface area contributed by atoms with Crippen LogP contribution in [0.1, 0.15) is 39.0 Å². The van der Waals surface area contributed by atoms with Crippen LogP contribution in [0.2, 0.25) is 0 Å². The van der Waals surface area contributed by atoms with E-state index >= 15 is 0 Å². The molecule has 2 rings (SSSR count). The zero-order chi connectivity index (χ0) is 13.2. The number of thioether (sulfide) groups is 1. The molecule has 1 unspecified atom stereocenters. The maximum absolute atomic E-state index is 11.9. The molecule has 2 saturated carbocycles. The van der Waals surface area contributed by atoms with Gasteiger partial charge in [0.25, 0.3) is 0 Å².